The second kappa shape index (κ2) is 7.97. The lowest BCUT2D eigenvalue weighted by Gasteiger charge is -2.40. The van der Waals surface area contributed by atoms with Crippen LogP contribution in [0, 0.1) is 11.3 Å². The Morgan fingerprint density at radius 3 is 2.79 bits per heavy atom. The number of amides is 1. The van der Waals surface area contributed by atoms with Gasteiger partial charge in [-0.3, -0.25) is 4.79 Å². The summed E-state index contributed by atoms with van der Waals surface area (Å²) in [5.41, 5.74) is 1.83. The molecule has 7 heteroatoms. The number of nitriles is 1. The summed E-state index contributed by atoms with van der Waals surface area (Å²) in [6.45, 7) is 4.13. The van der Waals surface area contributed by atoms with E-state index in [0.29, 0.717) is 10.7 Å². The Labute approximate surface area is 168 Å². The maximum Gasteiger partial charge on any atom is 0.223 e. The standard InChI is InChI=1S/C21H21N5OS/c1-15(27)24-21-23-13-17(28-21)14-25-10-4-5-11-26(25)20-9-8-16(12-22)18-6-2-3-7-19(18)20/h2-3,6-9,13H,4-5,10-11,14H2,1H3,(H,23,24,27). The molecular weight excluding hydrogens is 370 g/mol. The van der Waals surface area contributed by atoms with Crippen LogP contribution in [0.25, 0.3) is 10.8 Å². The van der Waals surface area contributed by atoms with Crippen molar-refractivity contribution in [2.75, 3.05) is 23.4 Å². The molecular formula is C21H21N5OS. The van der Waals surface area contributed by atoms with E-state index in [1.807, 2.05) is 30.5 Å². The van der Waals surface area contributed by atoms with Crippen molar-refractivity contribution in [2.45, 2.75) is 26.3 Å². The van der Waals surface area contributed by atoms with Crippen molar-refractivity contribution in [1.82, 2.24) is 9.99 Å². The van der Waals surface area contributed by atoms with Crippen LogP contribution in [-0.2, 0) is 11.3 Å². The zero-order valence-corrected chi connectivity index (χ0v) is 16.5. The highest BCUT2D eigenvalue weighted by atomic mass is 32.1. The predicted octanol–water partition coefficient (Wildman–Crippen LogP) is 4.14. The third-order valence-electron chi connectivity index (χ3n) is 4.85. The summed E-state index contributed by atoms with van der Waals surface area (Å²) in [5.74, 6) is -0.107. The van der Waals surface area contributed by atoms with Crippen molar-refractivity contribution in [2.24, 2.45) is 0 Å². The lowest BCUT2D eigenvalue weighted by atomic mass is 10.0. The summed E-state index contributed by atoms with van der Waals surface area (Å²) < 4.78 is 0. The minimum absolute atomic E-state index is 0.107. The molecule has 6 nitrogen and oxygen atoms in total. The van der Waals surface area contributed by atoms with Crippen LogP contribution in [0.4, 0.5) is 10.8 Å². The zero-order chi connectivity index (χ0) is 19.5. The van der Waals surface area contributed by atoms with E-state index >= 15 is 0 Å². The molecule has 4 rings (SSSR count). The molecule has 0 spiro atoms. The maximum atomic E-state index is 11.2. The first-order valence-corrected chi connectivity index (χ1v) is 10.1. The first kappa shape index (κ1) is 18.4. The number of carbonyl (C=O) groups excluding carboxylic acids is 1. The number of rotatable bonds is 4. The van der Waals surface area contributed by atoms with Crippen LogP contribution in [0.1, 0.15) is 30.2 Å². The number of nitrogens with zero attached hydrogens (tertiary/aromatic N) is 4. The molecule has 0 atom stereocenters. The van der Waals surface area contributed by atoms with Crippen molar-refractivity contribution in [3.63, 3.8) is 0 Å². The molecule has 0 radical (unpaired) electrons. The van der Waals surface area contributed by atoms with Crippen LogP contribution < -0.4 is 10.3 Å². The maximum absolute atomic E-state index is 11.2. The number of hydrazine groups is 1. The van der Waals surface area contributed by atoms with Crippen LogP contribution in [-0.4, -0.2) is 29.0 Å². The van der Waals surface area contributed by atoms with Gasteiger partial charge in [0.1, 0.15) is 0 Å². The summed E-state index contributed by atoms with van der Waals surface area (Å²) in [4.78, 5) is 16.6. The average Bonchev–Trinajstić information content (AvgIpc) is 3.13. The van der Waals surface area contributed by atoms with Gasteiger partial charge in [0.25, 0.3) is 0 Å². The number of nitrogens with one attached hydrogen (secondary N) is 1. The molecule has 0 unspecified atom stereocenters. The van der Waals surface area contributed by atoms with Crippen LogP contribution in [0.5, 0.6) is 0 Å². The molecule has 1 aromatic heterocycles. The normalized spacial score (nSPS) is 14.8. The van der Waals surface area contributed by atoms with E-state index in [2.05, 4.69) is 38.5 Å². The van der Waals surface area contributed by atoms with Crippen molar-refractivity contribution in [1.29, 1.82) is 5.26 Å². The van der Waals surface area contributed by atoms with E-state index in [-0.39, 0.29) is 5.91 Å². The number of hydrogen-bond donors (Lipinski definition) is 1. The van der Waals surface area contributed by atoms with Gasteiger partial charge in [-0.1, -0.05) is 24.3 Å². The van der Waals surface area contributed by atoms with Crippen LogP contribution >= 0.6 is 11.3 Å². The van der Waals surface area contributed by atoms with Gasteiger partial charge in [-0.05, 0) is 25.0 Å². The summed E-state index contributed by atoms with van der Waals surface area (Å²) in [6, 6.07) is 14.3. The SMILES string of the molecule is CC(=O)Nc1ncc(CN2CCCCN2c2ccc(C#N)c3ccccc23)s1. The smallest absolute Gasteiger partial charge is 0.223 e. The highest BCUT2D eigenvalue weighted by Crippen LogP contribution is 2.33. The molecule has 2 heterocycles. The molecule has 28 heavy (non-hydrogen) atoms. The van der Waals surface area contributed by atoms with Crippen LogP contribution in [0.3, 0.4) is 0 Å². The second-order valence-electron chi connectivity index (χ2n) is 6.82. The quantitative estimate of drug-likeness (QED) is 0.723. The van der Waals surface area contributed by atoms with Gasteiger partial charge in [0, 0.05) is 41.9 Å². The first-order chi connectivity index (χ1) is 13.7. The monoisotopic (exact) mass is 391 g/mol. The van der Waals surface area contributed by atoms with E-state index in [0.717, 1.165) is 53.8 Å². The predicted molar refractivity (Wildman–Crippen MR) is 112 cm³/mol. The summed E-state index contributed by atoms with van der Waals surface area (Å²) in [7, 11) is 0. The Morgan fingerprint density at radius 1 is 1.21 bits per heavy atom. The average molecular weight is 392 g/mol. The molecule has 0 aliphatic carbocycles. The Kier molecular flexibility index (Phi) is 5.24. The minimum Gasteiger partial charge on any atom is -0.305 e. The molecule has 142 valence electrons. The van der Waals surface area contributed by atoms with Crippen molar-refractivity contribution in [3.8, 4) is 6.07 Å². The molecule has 3 aromatic rings. The molecule has 1 aliphatic rings. The fraction of sp³-hybridized carbons (Fsp3) is 0.286. The molecule has 1 amide bonds. The summed E-state index contributed by atoms with van der Waals surface area (Å²) in [6.07, 6.45) is 4.10. The molecule has 0 bridgehead atoms. The van der Waals surface area contributed by atoms with E-state index in [1.165, 1.54) is 18.3 Å². The third-order valence-corrected chi connectivity index (χ3v) is 5.75. The van der Waals surface area contributed by atoms with E-state index in [4.69, 9.17) is 0 Å². The first-order valence-electron chi connectivity index (χ1n) is 9.32. The number of aromatic nitrogens is 1. The molecule has 2 aromatic carbocycles. The van der Waals surface area contributed by atoms with Crippen molar-refractivity contribution >= 4 is 38.8 Å². The van der Waals surface area contributed by atoms with E-state index in [9.17, 15) is 10.1 Å². The van der Waals surface area contributed by atoms with Crippen LogP contribution in [0.15, 0.2) is 42.6 Å². The molecule has 1 aliphatic heterocycles. The lowest BCUT2D eigenvalue weighted by Crippen LogP contribution is -2.46. The van der Waals surface area contributed by atoms with Gasteiger partial charge in [0.05, 0.1) is 23.9 Å². The lowest BCUT2D eigenvalue weighted by molar-refractivity contribution is -0.114. The number of fused-ring (bicyclic) bond motifs is 1. The second-order valence-corrected chi connectivity index (χ2v) is 7.94. The van der Waals surface area contributed by atoms with Gasteiger partial charge in [-0.25, -0.2) is 9.99 Å². The minimum atomic E-state index is -0.107. The highest BCUT2D eigenvalue weighted by molar-refractivity contribution is 7.15. The Balaban J connectivity index is 1.65. The molecule has 1 N–H and O–H groups in total. The fourth-order valence-electron chi connectivity index (χ4n) is 3.63. The number of benzene rings is 2. The van der Waals surface area contributed by atoms with Gasteiger partial charge < -0.3 is 10.3 Å². The largest absolute Gasteiger partial charge is 0.305 e. The van der Waals surface area contributed by atoms with Gasteiger partial charge in [-0.2, -0.15) is 5.26 Å². The van der Waals surface area contributed by atoms with Crippen LogP contribution in [0.2, 0.25) is 0 Å². The van der Waals surface area contributed by atoms with Gasteiger partial charge in [-0.15, -0.1) is 11.3 Å². The van der Waals surface area contributed by atoms with E-state index < -0.39 is 0 Å². The summed E-state index contributed by atoms with van der Waals surface area (Å²) in [5, 5.41) is 19.6. The number of thiazole rings is 1. The Hall–Kier alpha value is -2.95. The Bertz CT molecular complexity index is 1050. The van der Waals surface area contributed by atoms with Crippen molar-refractivity contribution < 1.29 is 4.79 Å². The third kappa shape index (κ3) is 3.70. The van der Waals surface area contributed by atoms with Crippen molar-refractivity contribution in [3.05, 3.63) is 53.0 Å². The molecule has 1 saturated heterocycles. The number of anilines is 2. The Morgan fingerprint density at radius 2 is 2.00 bits per heavy atom. The zero-order valence-electron chi connectivity index (χ0n) is 15.7. The molecule has 0 saturated carbocycles. The number of hydrogen-bond acceptors (Lipinski definition) is 6. The summed E-state index contributed by atoms with van der Waals surface area (Å²) >= 11 is 1.51. The van der Waals surface area contributed by atoms with Gasteiger partial charge in [0.15, 0.2) is 5.13 Å². The van der Waals surface area contributed by atoms with E-state index in [1.54, 1.807) is 0 Å². The molecule has 1 fully saturated rings. The topological polar surface area (TPSA) is 72.3 Å². The van der Waals surface area contributed by atoms with Gasteiger partial charge in [0.2, 0.25) is 5.91 Å². The highest BCUT2D eigenvalue weighted by Gasteiger charge is 2.23. The number of carbonyl (C=O) groups is 1. The fourth-order valence-corrected chi connectivity index (χ4v) is 4.50. The van der Waals surface area contributed by atoms with Gasteiger partial charge >= 0.3 is 0 Å².